The molecule has 0 unspecified atom stereocenters. The van der Waals surface area contributed by atoms with Gasteiger partial charge in [-0.2, -0.15) is 0 Å². The van der Waals surface area contributed by atoms with E-state index in [0.717, 1.165) is 16.3 Å². The summed E-state index contributed by atoms with van der Waals surface area (Å²) in [5, 5.41) is 7.42. The average Bonchev–Trinajstić information content (AvgIpc) is 3.02. The van der Waals surface area contributed by atoms with Gasteiger partial charge in [0.15, 0.2) is 6.10 Å². The van der Waals surface area contributed by atoms with Crippen molar-refractivity contribution in [1.29, 1.82) is 0 Å². The monoisotopic (exact) mass is 411 g/mol. The second-order valence-electron chi connectivity index (χ2n) is 6.69. The van der Waals surface area contributed by atoms with Crippen molar-refractivity contribution < 1.29 is 28.4 Å². The summed E-state index contributed by atoms with van der Waals surface area (Å²) < 4.78 is 16.2. The molecule has 9 heteroatoms. The Kier molecular flexibility index (Phi) is 6.01. The summed E-state index contributed by atoms with van der Waals surface area (Å²) in [6.45, 7) is 5.04. The molecule has 3 N–H and O–H groups in total. The number of aromatic nitrogens is 1. The van der Waals surface area contributed by atoms with Crippen molar-refractivity contribution >= 4 is 28.7 Å². The Morgan fingerprint density at radius 3 is 2.43 bits per heavy atom. The molecule has 0 saturated heterocycles. The SMILES string of the molecule is Cc1noc(C)c1COc1cc2ccccc2cc1C(=O)O[C@H](C)C(=O)NC(N)=O. The van der Waals surface area contributed by atoms with Crippen molar-refractivity contribution in [2.75, 3.05) is 0 Å². The number of rotatable bonds is 6. The van der Waals surface area contributed by atoms with Gasteiger partial charge in [0.05, 0.1) is 11.3 Å². The molecule has 0 saturated carbocycles. The first kappa shape index (κ1) is 20.8. The maximum Gasteiger partial charge on any atom is 0.342 e. The fourth-order valence-electron chi connectivity index (χ4n) is 2.86. The van der Waals surface area contributed by atoms with Crippen LogP contribution in [0, 0.1) is 13.8 Å². The zero-order chi connectivity index (χ0) is 21.8. The molecule has 0 spiro atoms. The second kappa shape index (κ2) is 8.64. The number of benzene rings is 2. The number of aryl methyl sites for hydroxylation is 2. The summed E-state index contributed by atoms with van der Waals surface area (Å²) >= 11 is 0. The number of fused-ring (bicyclic) bond motifs is 1. The first-order valence-electron chi connectivity index (χ1n) is 9.15. The molecular formula is C21H21N3O6. The van der Waals surface area contributed by atoms with Gasteiger partial charge >= 0.3 is 12.0 Å². The predicted octanol–water partition coefficient (Wildman–Crippen LogP) is 2.76. The molecule has 0 aliphatic rings. The molecule has 0 fully saturated rings. The van der Waals surface area contributed by atoms with E-state index in [4.69, 9.17) is 19.7 Å². The van der Waals surface area contributed by atoms with Crippen LogP contribution in [0.1, 0.15) is 34.3 Å². The van der Waals surface area contributed by atoms with Gasteiger partial charge in [-0.1, -0.05) is 29.4 Å². The predicted molar refractivity (Wildman–Crippen MR) is 107 cm³/mol. The van der Waals surface area contributed by atoms with Gasteiger partial charge in [-0.05, 0) is 43.7 Å². The van der Waals surface area contributed by atoms with Crippen molar-refractivity contribution in [1.82, 2.24) is 10.5 Å². The molecule has 30 heavy (non-hydrogen) atoms. The first-order valence-corrected chi connectivity index (χ1v) is 9.15. The van der Waals surface area contributed by atoms with Crippen LogP contribution >= 0.6 is 0 Å². The van der Waals surface area contributed by atoms with E-state index in [2.05, 4.69) is 5.16 Å². The molecule has 0 bridgehead atoms. The number of amides is 3. The molecule has 0 aliphatic heterocycles. The van der Waals surface area contributed by atoms with Crippen LogP contribution in [0.25, 0.3) is 10.8 Å². The van der Waals surface area contributed by atoms with Gasteiger partial charge in [-0.15, -0.1) is 0 Å². The van der Waals surface area contributed by atoms with Crippen LogP contribution < -0.4 is 15.8 Å². The topological polar surface area (TPSA) is 134 Å². The number of nitrogens with one attached hydrogen (secondary N) is 1. The van der Waals surface area contributed by atoms with Crippen LogP contribution in [0.3, 0.4) is 0 Å². The molecule has 0 aliphatic carbocycles. The number of ether oxygens (including phenoxy) is 2. The largest absolute Gasteiger partial charge is 0.488 e. The van der Waals surface area contributed by atoms with Crippen molar-refractivity contribution in [3.63, 3.8) is 0 Å². The molecular weight excluding hydrogens is 390 g/mol. The van der Waals surface area contributed by atoms with E-state index in [9.17, 15) is 14.4 Å². The number of imide groups is 1. The lowest BCUT2D eigenvalue weighted by molar-refractivity contribution is -0.127. The number of nitrogens with zero attached hydrogens (tertiary/aromatic N) is 1. The van der Waals surface area contributed by atoms with Gasteiger partial charge < -0.3 is 19.7 Å². The maximum absolute atomic E-state index is 12.8. The third kappa shape index (κ3) is 4.57. The molecule has 1 aromatic heterocycles. The number of carbonyl (C=O) groups excluding carboxylic acids is 3. The molecule has 0 radical (unpaired) electrons. The van der Waals surface area contributed by atoms with Crippen LogP contribution in [0.4, 0.5) is 4.79 Å². The summed E-state index contributed by atoms with van der Waals surface area (Å²) in [7, 11) is 0. The first-order chi connectivity index (χ1) is 14.3. The Morgan fingerprint density at radius 2 is 1.83 bits per heavy atom. The third-order valence-electron chi connectivity index (χ3n) is 4.52. The Balaban J connectivity index is 1.89. The number of carbonyl (C=O) groups is 3. The van der Waals surface area contributed by atoms with Crippen LogP contribution in [-0.2, 0) is 16.1 Å². The summed E-state index contributed by atoms with van der Waals surface area (Å²) in [6.07, 6.45) is -1.23. The quantitative estimate of drug-likeness (QED) is 0.596. The zero-order valence-corrected chi connectivity index (χ0v) is 16.7. The Labute approximate surface area is 172 Å². The molecule has 156 valence electrons. The van der Waals surface area contributed by atoms with Crippen molar-refractivity contribution in [3.05, 3.63) is 59.0 Å². The van der Waals surface area contributed by atoms with Gasteiger partial charge in [0.25, 0.3) is 5.91 Å². The molecule has 3 rings (SSSR count). The summed E-state index contributed by atoms with van der Waals surface area (Å²) in [5.74, 6) is -0.702. The molecule has 1 heterocycles. The summed E-state index contributed by atoms with van der Waals surface area (Å²) in [5.41, 5.74) is 6.53. The highest BCUT2D eigenvalue weighted by Gasteiger charge is 2.23. The van der Waals surface area contributed by atoms with Gasteiger partial charge in [0.1, 0.15) is 23.7 Å². The van der Waals surface area contributed by atoms with Gasteiger partial charge in [0.2, 0.25) is 0 Å². The van der Waals surface area contributed by atoms with Crippen LogP contribution in [0.15, 0.2) is 40.9 Å². The number of primary amides is 1. The standard InChI is InChI=1S/C21H21N3O6/c1-11-17(12(2)30-24-11)10-28-18-9-15-7-5-4-6-14(15)8-16(18)20(26)29-13(3)19(25)23-21(22)27/h4-9,13H,10H2,1-3H3,(H3,22,23,25,27)/t13-/m1/s1. The van der Waals surface area contributed by atoms with Crippen LogP contribution in [0.5, 0.6) is 5.75 Å². The fourth-order valence-corrected chi connectivity index (χ4v) is 2.86. The molecule has 2 aromatic carbocycles. The number of hydrogen-bond acceptors (Lipinski definition) is 7. The summed E-state index contributed by atoms with van der Waals surface area (Å²) in [4.78, 5) is 35.5. The molecule has 3 amide bonds. The summed E-state index contributed by atoms with van der Waals surface area (Å²) in [6, 6.07) is 9.75. The lowest BCUT2D eigenvalue weighted by atomic mass is 10.1. The van der Waals surface area contributed by atoms with Crippen molar-refractivity contribution in [2.45, 2.75) is 33.5 Å². The zero-order valence-electron chi connectivity index (χ0n) is 16.7. The van der Waals surface area contributed by atoms with Crippen molar-refractivity contribution in [2.24, 2.45) is 5.73 Å². The third-order valence-corrected chi connectivity index (χ3v) is 4.52. The van der Waals surface area contributed by atoms with Gasteiger partial charge in [-0.25, -0.2) is 9.59 Å². The maximum atomic E-state index is 12.8. The average molecular weight is 411 g/mol. The highest BCUT2D eigenvalue weighted by Crippen LogP contribution is 2.28. The number of esters is 1. The van der Waals surface area contributed by atoms with Gasteiger partial charge in [0, 0.05) is 0 Å². The van der Waals surface area contributed by atoms with E-state index in [-0.39, 0.29) is 17.9 Å². The van der Waals surface area contributed by atoms with E-state index in [1.54, 1.807) is 26.0 Å². The number of hydrogen-bond donors (Lipinski definition) is 2. The van der Waals surface area contributed by atoms with E-state index in [0.29, 0.717) is 11.5 Å². The number of urea groups is 1. The second-order valence-corrected chi connectivity index (χ2v) is 6.69. The van der Waals surface area contributed by atoms with Gasteiger partial charge in [-0.3, -0.25) is 10.1 Å². The lowest BCUT2D eigenvalue weighted by Crippen LogP contribution is -2.42. The Bertz CT molecular complexity index is 1100. The fraction of sp³-hybridized carbons (Fsp3) is 0.238. The minimum atomic E-state index is -1.23. The van der Waals surface area contributed by atoms with E-state index in [1.807, 2.05) is 29.6 Å². The van der Waals surface area contributed by atoms with E-state index in [1.165, 1.54) is 6.92 Å². The smallest absolute Gasteiger partial charge is 0.342 e. The number of nitrogens with two attached hydrogens (primary N) is 1. The molecule has 3 aromatic rings. The van der Waals surface area contributed by atoms with E-state index >= 15 is 0 Å². The lowest BCUT2D eigenvalue weighted by Gasteiger charge is -2.15. The normalized spacial score (nSPS) is 11.7. The highest BCUT2D eigenvalue weighted by molar-refractivity contribution is 6.01. The van der Waals surface area contributed by atoms with E-state index < -0.39 is 24.0 Å². The molecule has 9 nitrogen and oxygen atoms in total. The van der Waals surface area contributed by atoms with Crippen LogP contribution in [-0.4, -0.2) is 29.2 Å². The highest BCUT2D eigenvalue weighted by atomic mass is 16.5. The Hall–Kier alpha value is -3.88. The molecule has 1 atom stereocenters. The Morgan fingerprint density at radius 1 is 1.17 bits per heavy atom. The minimum absolute atomic E-state index is 0.136. The van der Waals surface area contributed by atoms with Crippen LogP contribution in [0.2, 0.25) is 0 Å². The van der Waals surface area contributed by atoms with Crippen molar-refractivity contribution in [3.8, 4) is 5.75 Å². The minimum Gasteiger partial charge on any atom is -0.488 e.